The summed E-state index contributed by atoms with van der Waals surface area (Å²) in [5.41, 5.74) is -8.47. The van der Waals surface area contributed by atoms with Crippen molar-refractivity contribution in [3.05, 3.63) is 47.5 Å². The van der Waals surface area contributed by atoms with E-state index in [9.17, 15) is 52.3 Å². The number of benzene rings is 2. The number of rotatable bonds is 6. The molecule has 2 aromatic carbocycles. The lowest BCUT2D eigenvalue weighted by Gasteiger charge is -2.38. The van der Waals surface area contributed by atoms with E-state index >= 15 is 0 Å². The van der Waals surface area contributed by atoms with Gasteiger partial charge in [0.15, 0.2) is 0 Å². The first-order valence-corrected chi connectivity index (χ1v) is 11.2. The molecule has 0 fully saturated rings. The van der Waals surface area contributed by atoms with Gasteiger partial charge in [0, 0.05) is 0 Å². The van der Waals surface area contributed by atoms with Gasteiger partial charge in [0.25, 0.3) is 20.2 Å². The summed E-state index contributed by atoms with van der Waals surface area (Å²) < 4.78 is 160. The lowest BCUT2D eigenvalue weighted by molar-refractivity contribution is -0.288. The maximum absolute atomic E-state index is 14.3. The molecule has 0 atom stereocenters. The number of hydrogen-bond donors (Lipinski definition) is 2. The zero-order valence-corrected chi connectivity index (χ0v) is 18.0. The van der Waals surface area contributed by atoms with Gasteiger partial charge in [-0.2, -0.15) is 43.2 Å². The molecule has 2 aromatic rings. The minimum Gasteiger partial charge on any atom is -0.495 e. The summed E-state index contributed by atoms with van der Waals surface area (Å²) in [4.78, 5) is -2.80. The van der Waals surface area contributed by atoms with E-state index in [2.05, 4.69) is 9.47 Å². The van der Waals surface area contributed by atoms with Gasteiger partial charge in [-0.05, 0) is 35.4 Å². The average molecular weight is 524 g/mol. The Kier molecular flexibility index (Phi) is 6.74. The third-order valence-corrected chi connectivity index (χ3v) is 6.35. The zero-order chi connectivity index (χ0) is 25.6. The number of hydrogen-bond acceptors (Lipinski definition) is 6. The van der Waals surface area contributed by atoms with Crippen molar-refractivity contribution >= 4 is 20.2 Å². The van der Waals surface area contributed by atoms with Crippen molar-refractivity contribution in [2.75, 3.05) is 14.2 Å². The molecule has 16 heteroatoms. The third kappa shape index (κ3) is 4.60. The second-order valence-corrected chi connectivity index (χ2v) is 9.21. The Morgan fingerprint density at radius 1 is 0.667 bits per heavy atom. The lowest BCUT2D eigenvalue weighted by Crippen LogP contribution is -2.54. The molecule has 0 radical (unpaired) electrons. The molecule has 0 aliphatic carbocycles. The molecule has 33 heavy (non-hydrogen) atoms. The standard InChI is InChI=1S/C17H14F6O8S2/c1-30-11-5-3-9(7-13(11)32(24,25)26)15(16(18,19)20,17(21,22)23)10-4-6-12(31-2)14(8-10)33(27,28)29/h3-8H,1-2H3,(H,24,25,26)(H,27,28,29). The monoisotopic (exact) mass is 524 g/mol. The Balaban J connectivity index is 3.14. The van der Waals surface area contributed by atoms with E-state index in [1.165, 1.54) is 0 Å². The predicted octanol–water partition coefficient (Wildman–Crippen LogP) is 3.61. The molecule has 0 bridgehead atoms. The quantitative estimate of drug-likeness (QED) is 0.434. The summed E-state index contributed by atoms with van der Waals surface area (Å²) in [7, 11) is -9.01. The molecular weight excluding hydrogens is 510 g/mol. The highest BCUT2D eigenvalue weighted by molar-refractivity contribution is 7.86. The summed E-state index contributed by atoms with van der Waals surface area (Å²) in [6, 6.07) is 1.24. The van der Waals surface area contributed by atoms with E-state index in [1.807, 2.05) is 0 Å². The summed E-state index contributed by atoms with van der Waals surface area (Å²) in [5, 5.41) is 0. The van der Waals surface area contributed by atoms with Crippen LogP contribution in [0.15, 0.2) is 46.2 Å². The van der Waals surface area contributed by atoms with Gasteiger partial charge >= 0.3 is 12.4 Å². The van der Waals surface area contributed by atoms with Gasteiger partial charge in [-0.15, -0.1) is 0 Å². The summed E-state index contributed by atoms with van der Waals surface area (Å²) >= 11 is 0. The van der Waals surface area contributed by atoms with Crippen molar-refractivity contribution in [1.29, 1.82) is 0 Å². The van der Waals surface area contributed by atoms with Gasteiger partial charge in [0.1, 0.15) is 21.3 Å². The molecular formula is C17H14F6O8S2. The first-order chi connectivity index (χ1) is 14.8. The third-order valence-electron chi connectivity index (χ3n) is 4.60. The fourth-order valence-electron chi connectivity index (χ4n) is 3.21. The van der Waals surface area contributed by atoms with Crippen molar-refractivity contribution in [2.45, 2.75) is 27.6 Å². The summed E-state index contributed by atoms with van der Waals surface area (Å²) in [6.45, 7) is 0. The first kappa shape index (κ1) is 26.7. The molecule has 0 saturated heterocycles. The van der Waals surface area contributed by atoms with Crippen molar-refractivity contribution in [1.82, 2.24) is 0 Å². The van der Waals surface area contributed by atoms with E-state index in [0.29, 0.717) is 12.1 Å². The highest BCUT2D eigenvalue weighted by Crippen LogP contribution is 2.57. The fourth-order valence-corrected chi connectivity index (χ4v) is 4.57. The molecule has 0 aromatic heterocycles. The summed E-state index contributed by atoms with van der Waals surface area (Å²) in [5.74, 6) is -1.51. The van der Waals surface area contributed by atoms with E-state index in [0.717, 1.165) is 14.2 Å². The molecule has 184 valence electrons. The first-order valence-electron chi connectivity index (χ1n) is 8.27. The highest BCUT2D eigenvalue weighted by Gasteiger charge is 2.72. The van der Waals surface area contributed by atoms with Crippen LogP contribution >= 0.6 is 0 Å². The summed E-state index contributed by atoms with van der Waals surface area (Å²) in [6.07, 6.45) is -12.5. The Morgan fingerprint density at radius 3 is 1.18 bits per heavy atom. The minimum atomic E-state index is -6.23. The van der Waals surface area contributed by atoms with Crippen LogP contribution in [0.1, 0.15) is 11.1 Å². The van der Waals surface area contributed by atoms with Crippen LogP contribution in [-0.4, -0.2) is 52.5 Å². The second-order valence-electron chi connectivity index (χ2n) is 6.43. The topological polar surface area (TPSA) is 127 Å². The van der Waals surface area contributed by atoms with Crippen LogP contribution in [-0.2, 0) is 25.7 Å². The van der Waals surface area contributed by atoms with Crippen LogP contribution in [0.25, 0.3) is 0 Å². The van der Waals surface area contributed by atoms with Gasteiger partial charge in [0.05, 0.1) is 14.2 Å². The van der Waals surface area contributed by atoms with E-state index in [1.54, 1.807) is 0 Å². The Hall–Kier alpha value is -2.56. The molecule has 0 saturated carbocycles. The molecule has 0 unspecified atom stereocenters. The maximum Gasteiger partial charge on any atom is 0.411 e. The molecule has 0 aliphatic heterocycles. The number of halogens is 6. The average Bonchev–Trinajstić information content (AvgIpc) is 2.64. The highest BCUT2D eigenvalue weighted by atomic mass is 32.2. The number of alkyl halides is 6. The van der Waals surface area contributed by atoms with Gasteiger partial charge in [-0.1, -0.05) is 12.1 Å². The van der Waals surface area contributed by atoms with Crippen molar-refractivity contribution in [2.24, 2.45) is 0 Å². The van der Waals surface area contributed by atoms with E-state index in [4.69, 9.17) is 0 Å². The Morgan fingerprint density at radius 2 is 0.970 bits per heavy atom. The van der Waals surface area contributed by atoms with Gasteiger partial charge in [-0.25, -0.2) is 0 Å². The van der Waals surface area contributed by atoms with Crippen LogP contribution in [0.3, 0.4) is 0 Å². The van der Waals surface area contributed by atoms with Gasteiger partial charge < -0.3 is 9.47 Å². The molecule has 2 rings (SSSR count). The van der Waals surface area contributed by atoms with E-state index < -0.39 is 70.4 Å². The molecule has 0 spiro atoms. The molecule has 0 heterocycles. The molecule has 8 nitrogen and oxygen atoms in total. The maximum atomic E-state index is 14.3. The van der Waals surface area contributed by atoms with E-state index in [-0.39, 0.29) is 24.3 Å². The largest absolute Gasteiger partial charge is 0.495 e. The molecule has 2 N–H and O–H groups in total. The van der Waals surface area contributed by atoms with Crippen LogP contribution in [0, 0.1) is 0 Å². The Bertz CT molecular complexity index is 1170. The molecule has 0 aliphatic rings. The van der Waals surface area contributed by atoms with Crippen molar-refractivity contribution in [3.8, 4) is 11.5 Å². The Labute approximate surface area is 183 Å². The smallest absolute Gasteiger partial charge is 0.411 e. The normalized spacial score (nSPS) is 13.6. The van der Waals surface area contributed by atoms with Crippen LogP contribution in [0.2, 0.25) is 0 Å². The predicted molar refractivity (Wildman–Crippen MR) is 98.5 cm³/mol. The van der Waals surface area contributed by atoms with Crippen molar-refractivity contribution < 1.29 is 61.8 Å². The van der Waals surface area contributed by atoms with Crippen LogP contribution in [0.5, 0.6) is 11.5 Å². The van der Waals surface area contributed by atoms with Gasteiger partial charge in [0.2, 0.25) is 5.41 Å². The molecule has 0 amide bonds. The minimum absolute atomic E-state index is 0.0908. The fraction of sp³-hybridized carbons (Fsp3) is 0.294. The zero-order valence-electron chi connectivity index (χ0n) is 16.4. The second kappa shape index (κ2) is 8.34. The van der Waals surface area contributed by atoms with Crippen LogP contribution in [0.4, 0.5) is 26.3 Å². The number of methoxy groups -OCH3 is 2. The lowest BCUT2D eigenvalue weighted by atomic mass is 9.73. The van der Waals surface area contributed by atoms with Gasteiger partial charge in [-0.3, -0.25) is 9.11 Å². The number of ether oxygens (including phenoxy) is 2. The van der Waals surface area contributed by atoms with Crippen LogP contribution < -0.4 is 9.47 Å². The SMILES string of the molecule is COc1ccc(C(c2ccc(OC)c(S(=O)(=O)O)c2)(C(F)(F)F)C(F)(F)F)cc1S(=O)(=O)O. The van der Waals surface area contributed by atoms with Crippen molar-refractivity contribution in [3.63, 3.8) is 0 Å².